The van der Waals surface area contributed by atoms with Gasteiger partial charge in [-0.1, -0.05) is 20.8 Å². The normalized spacial score (nSPS) is 49.7. The largest absolute Gasteiger partial charge is 0.381 e. The highest BCUT2D eigenvalue weighted by atomic mass is 16.5. The van der Waals surface area contributed by atoms with E-state index in [-0.39, 0.29) is 0 Å². The Morgan fingerprint density at radius 2 is 1.97 bits per heavy atom. The van der Waals surface area contributed by atoms with E-state index in [9.17, 15) is 0 Å². The molecule has 0 saturated heterocycles. The highest BCUT2D eigenvalue weighted by Gasteiger charge is 2.77. The van der Waals surface area contributed by atoms with Gasteiger partial charge >= 0.3 is 0 Å². The Bertz CT molecular complexity index is 886. The molecule has 3 nitrogen and oxygen atoms in total. The Morgan fingerprint density at radius 3 is 2.72 bits per heavy atom. The van der Waals surface area contributed by atoms with Crippen LogP contribution >= 0.6 is 0 Å². The maximum absolute atomic E-state index is 6.31. The fourth-order valence-electron chi connectivity index (χ4n) is 10.8. The van der Waals surface area contributed by atoms with Gasteiger partial charge in [0.05, 0.1) is 6.10 Å². The fourth-order valence-corrected chi connectivity index (χ4v) is 10.8. The minimum atomic E-state index is 0.529. The second kappa shape index (κ2) is 7.27. The fraction of sp³-hybridized carbons (Fsp3) is 0.862. The van der Waals surface area contributed by atoms with E-state index in [1.807, 2.05) is 13.3 Å². The lowest BCUT2D eigenvalue weighted by Crippen LogP contribution is -2.57. The summed E-state index contributed by atoms with van der Waals surface area (Å²) in [7, 11) is 2.02. The Kier molecular flexibility index (Phi) is 4.90. The van der Waals surface area contributed by atoms with E-state index in [1.165, 1.54) is 63.4 Å². The number of methoxy groups -OCH3 is 1. The molecule has 1 aromatic heterocycles. The quantitative estimate of drug-likeness (QED) is 0.519. The molecule has 1 unspecified atom stereocenters. The van der Waals surface area contributed by atoms with E-state index in [0.29, 0.717) is 22.3 Å². The van der Waals surface area contributed by atoms with Crippen LogP contribution in [0.2, 0.25) is 0 Å². The molecule has 5 aliphatic carbocycles. The number of hydrogen-bond acceptors (Lipinski definition) is 3. The van der Waals surface area contributed by atoms with Crippen molar-refractivity contribution in [2.75, 3.05) is 7.11 Å². The molecule has 5 saturated carbocycles. The molecule has 5 aliphatic rings. The minimum absolute atomic E-state index is 0.529. The predicted octanol–water partition coefficient (Wildman–Crippen LogP) is 6.64. The SMILES string of the molecule is CO[C@@H]1C[C@H]2[C@@H]3CC[C@H]([C@H](C)CCc4cncnc4C)[C@@]3(C)CC[C@@H]2[C@@]2(C)CC[C@@H]3CC312. The van der Waals surface area contributed by atoms with Crippen LogP contribution < -0.4 is 0 Å². The average Bonchev–Trinajstić information content (AvgIpc) is 3.29. The number of aromatic nitrogens is 2. The van der Waals surface area contributed by atoms with Gasteiger partial charge in [-0.05, 0) is 123 Å². The lowest BCUT2D eigenvalue weighted by molar-refractivity contribution is -0.161. The summed E-state index contributed by atoms with van der Waals surface area (Å²) in [5.41, 5.74) is 4.14. The first-order valence-electron chi connectivity index (χ1n) is 13.6. The van der Waals surface area contributed by atoms with Crippen molar-refractivity contribution in [3.8, 4) is 0 Å². The number of hydrogen-bond donors (Lipinski definition) is 0. The van der Waals surface area contributed by atoms with Gasteiger partial charge in [-0.15, -0.1) is 0 Å². The molecule has 6 rings (SSSR count). The Hall–Kier alpha value is -0.960. The van der Waals surface area contributed by atoms with Crippen LogP contribution in [0.1, 0.15) is 89.8 Å². The molecular formula is C29H44N2O. The van der Waals surface area contributed by atoms with Crippen molar-refractivity contribution >= 4 is 0 Å². The number of rotatable bonds is 5. The van der Waals surface area contributed by atoms with Gasteiger partial charge < -0.3 is 4.74 Å². The molecule has 0 amide bonds. The van der Waals surface area contributed by atoms with Crippen molar-refractivity contribution in [1.29, 1.82) is 0 Å². The highest BCUT2D eigenvalue weighted by Crippen LogP contribution is 2.82. The minimum Gasteiger partial charge on any atom is -0.381 e. The number of fused-ring (bicyclic) bond motifs is 4. The molecule has 1 aromatic rings. The van der Waals surface area contributed by atoms with Gasteiger partial charge in [0.2, 0.25) is 0 Å². The number of aryl methyl sites for hydroxylation is 2. The maximum atomic E-state index is 6.31. The zero-order valence-corrected chi connectivity index (χ0v) is 21.1. The van der Waals surface area contributed by atoms with Crippen LogP contribution in [0.4, 0.5) is 0 Å². The summed E-state index contributed by atoms with van der Waals surface area (Å²) >= 11 is 0. The topological polar surface area (TPSA) is 35.0 Å². The highest BCUT2D eigenvalue weighted by molar-refractivity contribution is 5.26. The average molecular weight is 437 g/mol. The first kappa shape index (κ1) is 21.6. The lowest BCUT2D eigenvalue weighted by Gasteiger charge is -2.61. The first-order valence-corrected chi connectivity index (χ1v) is 13.6. The molecule has 1 spiro atoms. The Labute approximate surface area is 195 Å². The molecule has 0 aromatic carbocycles. The monoisotopic (exact) mass is 436 g/mol. The van der Waals surface area contributed by atoms with E-state index in [4.69, 9.17) is 4.74 Å². The van der Waals surface area contributed by atoms with E-state index in [0.717, 1.165) is 47.6 Å². The van der Waals surface area contributed by atoms with Gasteiger partial charge in [-0.3, -0.25) is 0 Å². The van der Waals surface area contributed by atoms with Crippen molar-refractivity contribution in [1.82, 2.24) is 9.97 Å². The molecule has 0 radical (unpaired) electrons. The van der Waals surface area contributed by atoms with Crippen LogP contribution in [0, 0.1) is 58.7 Å². The molecule has 0 bridgehead atoms. The van der Waals surface area contributed by atoms with Gasteiger partial charge in [-0.25, -0.2) is 9.97 Å². The van der Waals surface area contributed by atoms with Gasteiger partial charge in [0.15, 0.2) is 0 Å². The summed E-state index contributed by atoms with van der Waals surface area (Å²) in [5, 5.41) is 0. The number of ether oxygens (including phenoxy) is 1. The van der Waals surface area contributed by atoms with Crippen molar-refractivity contribution in [2.45, 2.75) is 98.0 Å². The van der Waals surface area contributed by atoms with Gasteiger partial charge in [0.25, 0.3) is 0 Å². The van der Waals surface area contributed by atoms with Crippen LogP contribution in [0.5, 0.6) is 0 Å². The van der Waals surface area contributed by atoms with Crippen molar-refractivity contribution in [2.24, 2.45) is 51.8 Å². The predicted molar refractivity (Wildman–Crippen MR) is 128 cm³/mol. The van der Waals surface area contributed by atoms with Crippen molar-refractivity contribution < 1.29 is 4.74 Å². The Balaban J connectivity index is 1.21. The van der Waals surface area contributed by atoms with Crippen molar-refractivity contribution in [3.05, 3.63) is 23.8 Å². The van der Waals surface area contributed by atoms with E-state index in [2.05, 4.69) is 37.7 Å². The third-order valence-electron chi connectivity index (χ3n) is 12.5. The van der Waals surface area contributed by atoms with Gasteiger partial charge in [-0.2, -0.15) is 0 Å². The van der Waals surface area contributed by atoms with Gasteiger partial charge in [0.1, 0.15) is 6.33 Å². The first-order chi connectivity index (χ1) is 15.3. The van der Waals surface area contributed by atoms with Crippen LogP contribution in [0.15, 0.2) is 12.5 Å². The third-order valence-corrected chi connectivity index (χ3v) is 12.5. The standard InChI is InChI=1S/C29H44N2O/c1-18(6-7-20-16-30-17-31-19(20)2)23-8-9-24-22-14-26(32-5)29-15-21(29)10-13-28(29,4)25(22)11-12-27(23,24)3/h16-18,21-26H,6-15H2,1-5H3/t18-,21-,22+,23-,24+,25+,26-,27-,28-,29?/m1/s1. The van der Waals surface area contributed by atoms with Crippen LogP contribution in [-0.4, -0.2) is 23.2 Å². The molecule has 0 aliphatic heterocycles. The summed E-state index contributed by atoms with van der Waals surface area (Å²) in [6.07, 6.45) is 18.3. The Morgan fingerprint density at radius 1 is 1.12 bits per heavy atom. The van der Waals surface area contributed by atoms with Crippen LogP contribution in [-0.2, 0) is 11.2 Å². The molecule has 32 heavy (non-hydrogen) atoms. The maximum Gasteiger partial charge on any atom is 0.115 e. The molecule has 1 heterocycles. The molecule has 176 valence electrons. The van der Waals surface area contributed by atoms with Crippen LogP contribution in [0.25, 0.3) is 0 Å². The zero-order chi connectivity index (χ0) is 22.3. The van der Waals surface area contributed by atoms with E-state index in [1.54, 1.807) is 6.33 Å². The van der Waals surface area contributed by atoms with E-state index < -0.39 is 0 Å². The molecule has 5 fully saturated rings. The number of nitrogens with zero attached hydrogens (tertiary/aromatic N) is 2. The second-order valence-electron chi connectivity index (χ2n) is 13.1. The third kappa shape index (κ3) is 2.70. The summed E-state index contributed by atoms with van der Waals surface area (Å²) in [4.78, 5) is 8.69. The molecular weight excluding hydrogens is 392 g/mol. The molecule has 3 heteroatoms. The van der Waals surface area contributed by atoms with Gasteiger partial charge in [0, 0.05) is 24.4 Å². The molecule has 10 atom stereocenters. The lowest BCUT2D eigenvalue weighted by atomic mass is 9.45. The zero-order valence-electron chi connectivity index (χ0n) is 21.1. The summed E-state index contributed by atoms with van der Waals surface area (Å²) in [6, 6.07) is 0. The smallest absolute Gasteiger partial charge is 0.115 e. The van der Waals surface area contributed by atoms with E-state index >= 15 is 0 Å². The summed E-state index contributed by atoms with van der Waals surface area (Å²) < 4.78 is 6.31. The van der Waals surface area contributed by atoms with Crippen molar-refractivity contribution in [3.63, 3.8) is 0 Å². The summed E-state index contributed by atoms with van der Waals surface area (Å²) in [5.74, 6) is 5.41. The van der Waals surface area contributed by atoms with Crippen LogP contribution in [0.3, 0.4) is 0 Å². The summed E-state index contributed by atoms with van der Waals surface area (Å²) in [6.45, 7) is 10.1. The second-order valence-corrected chi connectivity index (χ2v) is 13.1. The molecule has 0 N–H and O–H groups in total.